The van der Waals surface area contributed by atoms with Crippen molar-refractivity contribution in [3.8, 4) is 0 Å². The molecule has 0 radical (unpaired) electrons. The number of aryl methyl sites for hydroxylation is 2. The lowest BCUT2D eigenvalue weighted by Gasteiger charge is -2.35. The van der Waals surface area contributed by atoms with Crippen molar-refractivity contribution in [2.24, 2.45) is 0 Å². The molecule has 0 aliphatic carbocycles. The molecule has 2 atom stereocenters. The number of carbonyl (C=O) groups excluding carboxylic acids is 1. The molecule has 2 unspecified atom stereocenters. The molecule has 0 bridgehead atoms. The average Bonchev–Trinajstić information content (AvgIpc) is 3.35. The molecule has 1 fully saturated rings. The zero-order chi connectivity index (χ0) is 28.5. The van der Waals surface area contributed by atoms with Crippen molar-refractivity contribution in [3.63, 3.8) is 0 Å². The van der Waals surface area contributed by atoms with E-state index in [0.717, 1.165) is 43.1 Å². The van der Waals surface area contributed by atoms with Gasteiger partial charge < -0.3 is 25.5 Å². The van der Waals surface area contributed by atoms with Crippen molar-refractivity contribution in [2.75, 3.05) is 49.5 Å². The topological polar surface area (TPSA) is 135 Å². The number of aliphatic hydroxyl groups excluding tert-OH is 3. The Balaban J connectivity index is 0.000000631. The number of β-amino-alcohol motifs (C(OH)–C–C–N with tert-alkyl or cyclic N) is 1. The second-order valence-corrected chi connectivity index (χ2v) is 10.9. The fraction of sp³-hybridized carbons (Fsp3) is 0.481. The van der Waals surface area contributed by atoms with E-state index >= 15 is 0 Å². The first kappa shape index (κ1) is 30.9. The van der Waals surface area contributed by atoms with Gasteiger partial charge in [-0.1, -0.05) is 35.1 Å². The van der Waals surface area contributed by atoms with Crippen LogP contribution in [0.5, 0.6) is 0 Å². The van der Waals surface area contributed by atoms with Crippen LogP contribution in [0.3, 0.4) is 0 Å². The van der Waals surface area contributed by atoms with E-state index in [9.17, 15) is 4.79 Å². The number of anilines is 3. The predicted molar refractivity (Wildman–Crippen MR) is 155 cm³/mol. The van der Waals surface area contributed by atoms with Gasteiger partial charge in [0.15, 0.2) is 10.9 Å². The van der Waals surface area contributed by atoms with Crippen LogP contribution in [-0.4, -0.2) is 92.5 Å². The maximum absolute atomic E-state index is 12.8. The minimum Gasteiger partial charge on any atom is -0.395 e. The third kappa shape index (κ3) is 9.20. The second kappa shape index (κ2) is 14.6. The highest BCUT2D eigenvalue weighted by atomic mass is 35.5. The fourth-order valence-electron chi connectivity index (χ4n) is 3.83. The number of rotatable bonds is 9. The zero-order valence-electron chi connectivity index (χ0n) is 22.8. The Hall–Kier alpha value is -2.67. The lowest BCUT2D eigenvalue weighted by Crippen LogP contribution is -2.47. The van der Waals surface area contributed by atoms with Gasteiger partial charge in [0.2, 0.25) is 0 Å². The summed E-state index contributed by atoms with van der Waals surface area (Å²) < 4.78 is 0. The van der Waals surface area contributed by atoms with Crippen LogP contribution in [0.25, 0.3) is 0 Å². The Kier molecular flexibility index (Phi) is 11.6. The predicted octanol–water partition coefficient (Wildman–Crippen LogP) is 3.23. The van der Waals surface area contributed by atoms with Gasteiger partial charge in [-0.25, -0.2) is 15.0 Å². The minimum absolute atomic E-state index is 0.0166. The van der Waals surface area contributed by atoms with Crippen LogP contribution in [0.1, 0.15) is 40.5 Å². The summed E-state index contributed by atoms with van der Waals surface area (Å²) in [4.78, 5) is 31.3. The van der Waals surface area contributed by atoms with Crippen LogP contribution in [0.15, 0.2) is 30.5 Å². The van der Waals surface area contributed by atoms with Gasteiger partial charge in [0, 0.05) is 50.2 Å². The first-order chi connectivity index (χ1) is 18.6. The molecule has 39 heavy (non-hydrogen) atoms. The van der Waals surface area contributed by atoms with E-state index < -0.39 is 12.2 Å². The van der Waals surface area contributed by atoms with E-state index in [2.05, 4.69) is 30.1 Å². The molecule has 1 aliphatic heterocycles. The summed E-state index contributed by atoms with van der Waals surface area (Å²) >= 11 is 7.58. The number of aromatic nitrogens is 3. The van der Waals surface area contributed by atoms with Crippen LogP contribution >= 0.6 is 22.9 Å². The molecule has 0 spiro atoms. The van der Waals surface area contributed by atoms with E-state index in [0.29, 0.717) is 33.2 Å². The number of thiazole rings is 1. The summed E-state index contributed by atoms with van der Waals surface area (Å²) in [5.41, 5.74) is 1.85. The van der Waals surface area contributed by atoms with Crippen LogP contribution in [0.2, 0.25) is 5.02 Å². The molecule has 2 aromatic heterocycles. The molecule has 3 heterocycles. The Morgan fingerprint density at radius 2 is 1.82 bits per heavy atom. The number of benzene rings is 1. The summed E-state index contributed by atoms with van der Waals surface area (Å²) in [7, 11) is 0. The van der Waals surface area contributed by atoms with E-state index in [-0.39, 0.29) is 18.8 Å². The van der Waals surface area contributed by atoms with Gasteiger partial charge >= 0.3 is 0 Å². The summed E-state index contributed by atoms with van der Waals surface area (Å²) in [5.74, 6) is 2.15. The number of piperazine rings is 1. The van der Waals surface area contributed by atoms with Gasteiger partial charge in [-0.05, 0) is 44.9 Å². The average molecular weight is 577 g/mol. The van der Waals surface area contributed by atoms with Crippen LogP contribution < -0.4 is 10.2 Å². The monoisotopic (exact) mass is 576 g/mol. The lowest BCUT2D eigenvalue weighted by atomic mass is 10.0. The van der Waals surface area contributed by atoms with Gasteiger partial charge in [0.1, 0.15) is 17.5 Å². The molecule has 1 aromatic carbocycles. The molecule has 4 N–H and O–H groups in total. The van der Waals surface area contributed by atoms with Gasteiger partial charge in [-0.2, -0.15) is 0 Å². The first-order valence-corrected chi connectivity index (χ1v) is 14.1. The van der Waals surface area contributed by atoms with E-state index in [1.54, 1.807) is 26.1 Å². The van der Waals surface area contributed by atoms with E-state index in [1.165, 1.54) is 11.3 Å². The number of aliphatic hydroxyl groups is 3. The quantitative estimate of drug-likeness (QED) is 0.281. The summed E-state index contributed by atoms with van der Waals surface area (Å²) in [6, 6.07) is 7.55. The number of nitrogens with one attached hydrogen (secondary N) is 1. The number of carbonyl (C=O) groups is 1. The normalized spacial score (nSPS) is 15.3. The number of nitrogens with zero attached hydrogens (tertiary/aromatic N) is 5. The minimum atomic E-state index is -0.593. The molecule has 4 rings (SSSR count). The van der Waals surface area contributed by atoms with Gasteiger partial charge in [0.05, 0.1) is 29.9 Å². The van der Waals surface area contributed by atoms with Crippen LogP contribution in [0, 0.1) is 13.8 Å². The summed E-state index contributed by atoms with van der Waals surface area (Å²) in [6.45, 7) is 11.2. The molecular weight excluding hydrogens is 540 g/mol. The number of hydrogen-bond donors (Lipinski definition) is 4. The highest BCUT2D eigenvalue weighted by Crippen LogP contribution is 2.27. The Bertz CT molecular complexity index is 1200. The van der Waals surface area contributed by atoms with Gasteiger partial charge in [-0.3, -0.25) is 9.69 Å². The van der Waals surface area contributed by atoms with Crippen molar-refractivity contribution >= 4 is 45.5 Å². The van der Waals surface area contributed by atoms with Crippen molar-refractivity contribution in [1.82, 2.24) is 19.9 Å². The van der Waals surface area contributed by atoms with Crippen LogP contribution in [-0.2, 0) is 6.42 Å². The smallest absolute Gasteiger partial charge is 0.188 e. The van der Waals surface area contributed by atoms with Crippen molar-refractivity contribution in [2.45, 2.75) is 46.3 Å². The molecule has 1 saturated heterocycles. The maximum atomic E-state index is 12.8. The SMILES string of the molecule is CC(O)C(C)O.Cc1nc(Nc2ncc(C(=O)Cc3c(C)cccc3Cl)s2)cc(N2CCN(CCO)CC2)n1. The lowest BCUT2D eigenvalue weighted by molar-refractivity contribution is 0.0438. The highest BCUT2D eigenvalue weighted by molar-refractivity contribution is 7.17. The Morgan fingerprint density at radius 1 is 1.13 bits per heavy atom. The molecule has 3 aromatic rings. The zero-order valence-corrected chi connectivity index (χ0v) is 24.3. The van der Waals surface area contributed by atoms with Crippen molar-refractivity contribution in [3.05, 3.63) is 57.3 Å². The van der Waals surface area contributed by atoms with Crippen molar-refractivity contribution < 1.29 is 20.1 Å². The van der Waals surface area contributed by atoms with E-state index in [1.807, 2.05) is 32.0 Å². The third-order valence-corrected chi connectivity index (χ3v) is 7.65. The van der Waals surface area contributed by atoms with Crippen LogP contribution in [0.4, 0.5) is 16.8 Å². The maximum Gasteiger partial charge on any atom is 0.188 e. The highest BCUT2D eigenvalue weighted by Gasteiger charge is 2.19. The fourth-order valence-corrected chi connectivity index (χ4v) is 4.88. The van der Waals surface area contributed by atoms with Gasteiger partial charge in [0.25, 0.3) is 0 Å². The molecule has 0 saturated carbocycles. The standard InChI is InChI=1S/C23H27ClN6O2S.C4H10O2/c1-15-4-3-5-18(24)17(15)12-19(32)20-14-25-23(33-20)28-21-13-22(27-16(2)26-21)30-8-6-29(7-9-30)10-11-31;1-3(5)4(2)6/h3-5,13-14,31H,6-12H2,1-2H3,(H,25,26,27,28);3-6H,1-2H3. The Labute approximate surface area is 238 Å². The molecule has 12 heteroatoms. The molecular formula is C27H37ClN6O4S. The Morgan fingerprint density at radius 3 is 2.44 bits per heavy atom. The number of ketones is 1. The largest absolute Gasteiger partial charge is 0.395 e. The number of Topliss-reactive ketones (excluding diaryl/α,β-unsaturated/α-hetero) is 1. The molecule has 0 amide bonds. The van der Waals surface area contributed by atoms with Gasteiger partial charge in [-0.15, -0.1) is 0 Å². The summed E-state index contributed by atoms with van der Waals surface area (Å²) in [6.07, 6.45) is 0.651. The number of halogens is 1. The second-order valence-electron chi connectivity index (χ2n) is 9.48. The molecule has 10 nitrogen and oxygen atoms in total. The van der Waals surface area contributed by atoms with E-state index in [4.69, 9.17) is 26.9 Å². The summed E-state index contributed by atoms with van der Waals surface area (Å²) in [5, 5.41) is 30.3. The number of hydrogen-bond acceptors (Lipinski definition) is 11. The molecule has 212 valence electrons. The first-order valence-electron chi connectivity index (χ1n) is 12.9. The third-order valence-electron chi connectivity index (χ3n) is 6.34. The van der Waals surface area contributed by atoms with Crippen molar-refractivity contribution in [1.29, 1.82) is 0 Å². The molecule has 1 aliphatic rings.